The third-order valence-electron chi connectivity index (χ3n) is 6.46. The Morgan fingerprint density at radius 3 is 2.67 bits per heavy atom. The molecule has 0 saturated carbocycles. The highest BCUT2D eigenvalue weighted by atomic mass is 32.2. The summed E-state index contributed by atoms with van der Waals surface area (Å²) < 4.78 is 66.7. The molecule has 1 aliphatic rings. The summed E-state index contributed by atoms with van der Waals surface area (Å²) in [5.74, 6) is -1.49. The number of thiazole rings is 1. The molecule has 0 bridgehead atoms. The van der Waals surface area contributed by atoms with Crippen LogP contribution in [0.1, 0.15) is 29.9 Å². The maximum Gasteiger partial charge on any atom is 0.248 e. The Balaban J connectivity index is 1.26. The summed E-state index contributed by atoms with van der Waals surface area (Å²) in [6.45, 7) is 1.75. The van der Waals surface area contributed by atoms with Crippen molar-refractivity contribution in [1.29, 1.82) is 0 Å². The van der Waals surface area contributed by atoms with E-state index >= 15 is 0 Å². The van der Waals surface area contributed by atoms with Crippen molar-refractivity contribution in [2.45, 2.75) is 24.7 Å². The van der Waals surface area contributed by atoms with Gasteiger partial charge in [-0.1, -0.05) is 16.5 Å². The molecule has 2 aromatic heterocycles. The van der Waals surface area contributed by atoms with E-state index in [9.17, 15) is 22.0 Å². The van der Waals surface area contributed by atoms with Crippen molar-refractivity contribution >= 4 is 54.8 Å². The molecule has 1 amide bonds. The number of hydrogen-bond acceptors (Lipinski definition) is 8. The van der Waals surface area contributed by atoms with E-state index in [1.807, 2.05) is 12.1 Å². The number of carbonyl (C=O) groups is 1. The molecule has 4 aromatic rings. The maximum absolute atomic E-state index is 14.0. The van der Waals surface area contributed by atoms with Gasteiger partial charge in [-0.3, -0.25) is 4.79 Å². The van der Waals surface area contributed by atoms with Gasteiger partial charge in [0.05, 0.1) is 17.3 Å². The summed E-state index contributed by atoms with van der Waals surface area (Å²) in [5, 5.41) is 7.10. The predicted molar refractivity (Wildman–Crippen MR) is 143 cm³/mol. The minimum Gasteiger partial charge on any atom is -0.497 e. The van der Waals surface area contributed by atoms with Crippen LogP contribution in [-0.4, -0.2) is 49.0 Å². The zero-order chi connectivity index (χ0) is 27.7. The highest BCUT2D eigenvalue weighted by molar-refractivity contribution is 7.89. The van der Waals surface area contributed by atoms with Gasteiger partial charge in [-0.2, -0.15) is 4.31 Å². The molecule has 1 saturated heterocycles. The highest BCUT2D eigenvalue weighted by Crippen LogP contribution is 2.32. The lowest BCUT2D eigenvalue weighted by Gasteiger charge is -2.30. The highest BCUT2D eigenvalue weighted by Gasteiger charge is 2.36. The summed E-state index contributed by atoms with van der Waals surface area (Å²) >= 11 is 1.33. The second-order valence-corrected chi connectivity index (χ2v) is 11.9. The van der Waals surface area contributed by atoms with Gasteiger partial charge in [0.25, 0.3) is 0 Å². The molecule has 39 heavy (non-hydrogen) atoms. The topological polar surface area (TPSA) is 115 Å². The van der Waals surface area contributed by atoms with E-state index < -0.39 is 21.7 Å². The SMILES string of the molecule is COc1ccc2nc(NC(=O)C3CCN(S(=O)(=O)c4c(C)noc4C=Cc4ccc(F)cc4F)CC3)sc2c1. The van der Waals surface area contributed by atoms with Gasteiger partial charge >= 0.3 is 0 Å². The van der Waals surface area contributed by atoms with Crippen molar-refractivity contribution in [3.05, 3.63) is 65.1 Å². The normalized spacial score (nSPS) is 15.3. The van der Waals surface area contributed by atoms with Gasteiger partial charge in [0.15, 0.2) is 15.8 Å². The van der Waals surface area contributed by atoms with Crippen LogP contribution in [-0.2, 0) is 14.8 Å². The van der Waals surface area contributed by atoms with Crippen molar-refractivity contribution in [3.63, 3.8) is 0 Å². The van der Waals surface area contributed by atoms with Crippen molar-refractivity contribution < 1.29 is 31.3 Å². The van der Waals surface area contributed by atoms with E-state index in [0.717, 1.165) is 22.3 Å². The zero-order valence-corrected chi connectivity index (χ0v) is 22.6. The monoisotopic (exact) mass is 574 g/mol. The molecule has 0 spiro atoms. The summed E-state index contributed by atoms with van der Waals surface area (Å²) in [6, 6.07) is 8.52. The lowest BCUT2D eigenvalue weighted by atomic mass is 9.97. The number of nitrogens with zero attached hydrogens (tertiary/aromatic N) is 3. The molecule has 1 fully saturated rings. The number of fused-ring (bicyclic) bond motifs is 1. The largest absolute Gasteiger partial charge is 0.497 e. The molecule has 1 aliphatic heterocycles. The minimum absolute atomic E-state index is 0.0629. The Morgan fingerprint density at radius 2 is 1.95 bits per heavy atom. The van der Waals surface area contributed by atoms with Gasteiger partial charge < -0.3 is 14.6 Å². The first-order valence-corrected chi connectivity index (χ1v) is 14.3. The molecule has 0 atom stereocenters. The fourth-order valence-electron chi connectivity index (χ4n) is 4.38. The first kappa shape index (κ1) is 26.9. The number of piperidine rings is 1. The van der Waals surface area contributed by atoms with Gasteiger partial charge in [-0.05, 0) is 62.2 Å². The first-order valence-electron chi connectivity index (χ1n) is 12.0. The van der Waals surface area contributed by atoms with Crippen molar-refractivity contribution in [2.24, 2.45) is 5.92 Å². The Kier molecular flexibility index (Phi) is 7.47. The van der Waals surface area contributed by atoms with Gasteiger partial charge in [0, 0.05) is 30.6 Å². The number of amides is 1. The molecule has 13 heteroatoms. The number of nitrogens with one attached hydrogen (secondary N) is 1. The van der Waals surface area contributed by atoms with Gasteiger partial charge in [0.2, 0.25) is 15.9 Å². The quantitative estimate of drug-likeness (QED) is 0.327. The summed E-state index contributed by atoms with van der Waals surface area (Å²) in [4.78, 5) is 17.2. The first-order chi connectivity index (χ1) is 18.7. The van der Waals surface area contributed by atoms with Gasteiger partial charge in [-0.15, -0.1) is 0 Å². The van der Waals surface area contributed by atoms with E-state index in [-0.39, 0.29) is 46.8 Å². The summed E-state index contributed by atoms with van der Waals surface area (Å²) in [7, 11) is -2.44. The number of carbonyl (C=O) groups excluding carboxylic acids is 1. The Hall–Kier alpha value is -3.68. The summed E-state index contributed by atoms with van der Waals surface area (Å²) in [6.07, 6.45) is 3.22. The Labute approximate surface area is 227 Å². The van der Waals surface area contributed by atoms with Crippen molar-refractivity contribution in [2.75, 3.05) is 25.5 Å². The number of ether oxygens (including phenoxy) is 1. The fraction of sp³-hybridized carbons (Fsp3) is 0.269. The lowest BCUT2D eigenvalue weighted by molar-refractivity contribution is -0.120. The van der Waals surface area contributed by atoms with Crippen LogP contribution in [0.25, 0.3) is 22.4 Å². The van der Waals surface area contributed by atoms with Crippen LogP contribution < -0.4 is 10.1 Å². The number of methoxy groups -OCH3 is 1. The maximum atomic E-state index is 14.0. The fourth-order valence-corrected chi connectivity index (χ4v) is 7.00. The van der Waals surface area contributed by atoms with Crippen molar-refractivity contribution in [3.8, 4) is 5.75 Å². The predicted octanol–water partition coefficient (Wildman–Crippen LogP) is 5.09. The molecule has 1 N–H and O–H groups in total. The van der Waals surface area contributed by atoms with Crippen LogP contribution in [0.4, 0.5) is 13.9 Å². The number of hydrogen-bond donors (Lipinski definition) is 1. The van der Waals surface area contributed by atoms with E-state index in [1.165, 1.54) is 40.8 Å². The van der Waals surface area contributed by atoms with Crippen LogP contribution in [0.5, 0.6) is 5.75 Å². The molecule has 0 radical (unpaired) electrons. The van der Waals surface area contributed by atoms with Gasteiger partial charge in [-0.25, -0.2) is 22.2 Å². The molecule has 9 nitrogen and oxygen atoms in total. The second-order valence-electron chi connectivity index (χ2n) is 8.98. The van der Waals surface area contributed by atoms with E-state index in [0.29, 0.717) is 23.7 Å². The molecule has 0 aliphatic carbocycles. The third-order valence-corrected chi connectivity index (χ3v) is 9.45. The molecule has 0 unspecified atom stereocenters. The zero-order valence-electron chi connectivity index (χ0n) is 21.0. The Bertz CT molecular complexity index is 1670. The molecular weight excluding hydrogens is 550 g/mol. The van der Waals surface area contributed by atoms with Crippen LogP contribution in [0.2, 0.25) is 0 Å². The second kappa shape index (κ2) is 10.8. The van der Waals surface area contributed by atoms with Crippen LogP contribution in [0.15, 0.2) is 45.8 Å². The third kappa shape index (κ3) is 5.56. The number of halogens is 2. The Morgan fingerprint density at radius 1 is 1.18 bits per heavy atom. The molecule has 204 valence electrons. The molecule has 3 heterocycles. The molecular formula is C26H24F2N4O5S2. The molecule has 5 rings (SSSR count). The average molecular weight is 575 g/mol. The smallest absolute Gasteiger partial charge is 0.248 e. The van der Waals surface area contributed by atoms with Crippen molar-refractivity contribution in [1.82, 2.24) is 14.4 Å². The average Bonchev–Trinajstić information content (AvgIpc) is 3.50. The van der Waals surface area contributed by atoms with E-state index in [1.54, 1.807) is 13.2 Å². The van der Waals surface area contributed by atoms with Crippen LogP contribution >= 0.6 is 11.3 Å². The lowest BCUT2D eigenvalue weighted by Crippen LogP contribution is -2.41. The standard InChI is InChI=1S/C26H24F2N4O5S2/c1-15-24(22(37-31-15)8-4-16-3-5-18(27)13-20(16)28)39(34,35)32-11-9-17(10-12-32)25(33)30-26-29-21-7-6-19(36-2)14-23(21)38-26/h3-8,13-14,17H,9-12H2,1-2H3,(H,29,30,33). The van der Waals surface area contributed by atoms with Crippen LogP contribution in [0.3, 0.4) is 0 Å². The van der Waals surface area contributed by atoms with E-state index in [2.05, 4.69) is 15.5 Å². The molecule has 2 aromatic carbocycles. The number of aryl methyl sites for hydroxylation is 1. The number of rotatable bonds is 7. The number of sulfonamides is 1. The number of benzene rings is 2. The number of aromatic nitrogens is 2. The van der Waals surface area contributed by atoms with Gasteiger partial charge in [0.1, 0.15) is 23.1 Å². The number of anilines is 1. The van der Waals surface area contributed by atoms with E-state index in [4.69, 9.17) is 9.26 Å². The summed E-state index contributed by atoms with van der Waals surface area (Å²) in [5.41, 5.74) is 0.961. The minimum atomic E-state index is -4.02. The van der Waals surface area contributed by atoms with Crippen LogP contribution in [0, 0.1) is 24.5 Å².